The lowest BCUT2D eigenvalue weighted by atomic mass is 10.1. The minimum atomic E-state index is -0.737. The van der Waals surface area contributed by atoms with Crippen LogP contribution in [0, 0.1) is 0 Å². The number of piperazine rings is 1. The lowest BCUT2D eigenvalue weighted by Crippen LogP contribution is -2.59. The molecule has 0 bridgehead atoms. The molecule has 1 fully saturated rings. The third-order valence-corrected chi connectivity index (χ3v) is 3.33. The summed E-state index contributed by atoms with van der Waals surface area (Å²) in [7, 11) is 0. The van der Waals surface area contributed by atoms with E-state index in [4.69, 9.17) is 11.6 Å². The molecule has 2 N–H and O–H groups in total. The van der Waals surface area contributed by atoms with Crippen molar-refractivity contribution >= 4 is 29.3 Å². The molecule has 1 aromatic carbocycles. The SMILES string of the molecule is CCC1C(=O)NC(=O)CN1C(=O)c1cc(Cl)ccc1O. The second kappa shape index (κ2) is 5.50. The number of hydrogen-bond acceptors (Lipinski definition) is 4. The second-order valence-electron chi connectivity index (χ2n) is 4.43. The van der Waals surface area contributed by atoms with E-state index in [1.165, 1.54) is 18.2 Å². The molecule has 106 valence electrons. The topological polar surface area (TPSA) is 86.7 Å². The minimum Gasteiger partial charge on any atom is -0.507 e. The number of carbonyl (C=O) groups excluding carboxylic acids is 3. The first kappa shape index (κ1) is 14.3. The van der Waals surface area contributed by atoms with Gasteiger partial charge in [0.05, 0.1) is 5.56 Å². The number of phenols is 1. The molecule has 6 nitrogen and oxygen atoms in total. The fraction of sp³-hybridized carbons (Fsp3) is 0.308. The van der Waals surface area contributed by atoms with Crippen LogP contribution in [0.25, 0.3) is 0 Å². The number of amides is 3. The summed E-state index contributed by atoms with van der Waals surface area (Å²) in [4.78, 5) is 36.7. The van der Waals surface area contributed by atoms with Gasteiger partial charge >= 0.3 is 0 Å². The van der Waals surface area contributed by atoms with Gasteiger partial charge < -0.3 is 10.0 Å². The number of rotatable bonds is 2. The molecule has 1 unspecified atom stereocenters. The molecule has 1 heterocycles. The summed E-state index contributed by atoms with van der Waals surface area (Å²) < 4.78 is 0. The van der Waals surface area contributed by atoms with Gasteiger partial charge in [0, 0.05) is 5.02 Å². The number of imide groups is 1. The van der Waals surface area contributed by atoms with Crippen LogP contribution in [0.1, 0.15) is 23.7 Å². The number of halogens is 1. The standard InChI is InChI=1S/C13H13ClN2O4/c1-2-9-12(19)15-11(18)6-16(9)13(20)8-5-7(14)3-4-10(8)17/h3-5,9,17H,2,6H2,1H3,(H,15,18,19). The number of hydrogen-bond donors (Lipinski definition) is 2. The van der Waals surface area contributed by atoms with Crippen LogP contribution in [0.2, 0.25) is 5.02 Å². The van der Waals surface area contributed by atoms with Crippen molar-refractivity contribution in [3.8, 4) is 5.75 Å². The van der Waals surface area contributed by atoms with Gasteiger partial charge in [0.1, 0.15) is 18.3 Å². The molecule has 0 spiro atoms. The first-order chi connectivity index (χ1) is 9.43. The lowest BCUT2D eigenvalue weighted by molar-refractivity contribution is -0.138. The molecule has 1 aromatic rings. The molecule has 7 heteroatoms. The zero-order valence-corrected chi connectivity index (χ0v) is 11.5. The summed E-state index contributed by atoms with van der Waals surface area (Å²) in [6, 6.07) is 3.31. The summed E-state index contributed by atoms with van der Waals surface area (Å²) in [5, 5.41) is 12.2. The van der Waals surface area contributed by atoms with Gasteiger partial charge in [-0.05, 0) is 24.6 Å². The van der Waals surface area contributed by atoms with Crippen molar-refractivity contribution < 1.29 is 19.5 Å². The highest BCUT2D eigenvalue weighted by Crippen LogP contribution is 2.24. The number of aromatic hydroxyl groups is 1. The molecule has 1 atom stereocenters. The normalized spacial score (nSPS) is 18.9. The van der Waals surface area contributed by atoms with Crippen LogP contribution in [-0.2, 0) is 9.59 Å². The van der Waals surface area contributed by atoms with Crippen LogP contribution in [0.15, 0.2) is 18.2 Å². The molecule has 1 saturated heterocycles. The quantitative estimate of drug-likeness (QED) is 0.795. The van der Waals surface area contributed by atoms with Crippen molar-refractivity contribution in [2.45, 2.75) is 19.4 Å². The van der Waals surface area contributed by atoms with E-state index in [1.807, 2.05) is 0 Å². The van der Waals surface area contributed by atoms with Crippen molar-refractivity contribution in [3.63, 3.8) is 0 Å². The number of benzene rings is 1. The predicted octanol–water partition coefficient (Wildman–Crippen LogP) is 0.923. The fourth-order valence-corrected chi connectivity index (χ4v) is 2.29. The molecule has 20 heavy (non-hydrogen) atoms. The van der Waals surface area contributed by atoms with E-state index in [-0.39, 0.29) is 22.9 Å². The third kappa shape index (κ3) is 2.60. The Bertz CT molecular complexity index is 588. The Morgan fingerprint density at radius 3 is 2.85 bits per heavy atom. The van der Waals surface area contributed by atoms with Crippen LogP contribution in [0.5, 0.6) is 5.75 Å². The van der Waals surface area contributed by atoms with Gasteiger partial charge in [0.25, 0.3) is 5.91 Å². The molecule has 2 rings (SSSR count). The summed E-state index contributed by atoms with van der Waals surface area (Å²) in [6.45, 7) is 1.51. The Hall–Kier alpha value is -2.08. The Kier molecular flexibility index (Phi) is 3.94. The van der Waals surface area contributed by atoms with Crippen LogP contribution < -0.4 is 5.32 Å². The third-order valence-electron chi connectivity index (χ3n) is 3.09. The highest BCUT2D eigenvalue weighted by Gasteiger charge is 2.36. The molecule has 1 aliphatic rings. The predicted molar refractivity (Wildman–Crippen MR) is 71.4 cm³/mol. The van der Waals surface area contributed by atoms with Crippen molar-refractivity contribution in [1.82, 2.24) is 10.2 Å². The number of nitrogens with one attached hydrogen (secondary N) is 1. The Morgan fingerprint density at radius 2 is 2.20 bits per heavy atom. The van der Waals surface area contributed by atoms with Gasteiger partial charge in [-0.1, -0.05) is 18.5 Å². The molecular weight excluding hydrogens is 284 g/mol. The van der Waals surface area contributed by atoms with Gasteiger partial charge in [-0.2, -0.15) is 0 Å². The smallest absolute Gasteiger partial charge is 0.258 e. The Balaban J connectivity index is 2.37. The van der Waals surface area contributed by atoms with Gasteiger partial charge in [0.2, 0.25) is 11.8 Å². The summed E-state index contributed by atoms with van der Waals surface area (Å²) in [5.74, 6) is -1.90. The van der Waals surface area contributed by atoms with Gasteiger partial charge in [-0.15, -0.1) is 0 Å². The molecule has 0 aliphatic carbocycles. The first-order valence-corrected chi connectivity index (χ1v) is 6.45. The van der Waals surface area contributed by atoms with Gasteiger partial charge in [-0.25, -0.2) is 0 Å². The summed E-state index contributed by atoms with van der Waals surface area (Å²) >= 11 is 5.80. The summed E-state index contributed by atoms with van der Waals surface area (Å²) in [5.41, 5.74) is -0.0292. The zero-order chi connectivity index (χ0) is 14.9. The average molecular weight is 297 g/mol. The van der Waals surface area contributed by atoms with Crippen LogP contribution in [0.4, 0.5) is 0 Å². The second-order valence-corrected chi connectivity index (χ2v) is 4.87. The minimum absolute atomic E-state index is 0.0292. The highest BCUT2D eigenvalue weighted by molar-refractivity contribution is 6.31. The van der Waals surface area contributed by atoms with Crippen molar-refractivity contribution in [2.24, 2.45) is 0 Å². The maximum Gasteiger partial charge on any atom is 0.258 e. The maximum atomic E-state index is 12.4. The molecular formula is C13H13ClN2O4. The zero-order valence-electron chi connectivity index (χ0n) is 10.7. The number of phenolic OH excluding ortho intramolecular Hbond substituents is 1. The van der Waals surface area contributed by atoms with E-state index in [2.05, 4.69) is 5.32 Å². The average Bonchev–Trinajstić information content (AvgIpc) is 2.40. The molecule has 0 radical (unpaired) electrons. The Labute approximate surface area is 120 Å². The highest BCUT2D eigenvalue weighted by atomic mass is 35.5. The van der Waals surface area contributed by atoms with Crippen molar-refractivity contribution in [3.05, 3.63) is 28.8 Å². The molecule has 3 amide bonds. The van der Waals surface area contributed by atoms with Gasteiger partial charge in [0.15, 0.2) is 0 Å². The molecule has 0 saturated carbocycles. The van der Waals surface area contributed by atoms with E-state index >= 15 is 0 Å². The van der Waals surface area contributed by atoms with E-state index in [0.29, 0.717) is 6.42 Å². The fourth-order valence-electron chi connectivity index (χ4n) is 2.12. The van der Waals surface area contributed by atoms with E-state index in [0.717, 1.165) is 4.90 Å². The van der Waals surface area contributed by atoms with E-state index < -0.39 is 23.8 Å². The van der Waals surface area contributed by atoms with E-state index in [1.54, 1.807) is 6.92 Å². The lowest BCUT2D eigenvalue weighted by Gasteiger charge is -2.33. The molecule has 1 aliphatic heterocycles. The largest absolute Gasteiger partial charge is 0.507 e. The first-order valence-electron chi connectivity index (χ1n) is 6.07. The van der Waals surface area contributed by atoms with Crippen LogP contribution >= 0.6 is 11.6 Å². The van der Waals surface area contributed by atoms with Crippen LogP contribution in [-0.4, -0.2) is 40.3 Å². The Morgan fingerprint density at radius 1 is 1.50 bits per heavy atom. The van der Waals surface area contributed by atoms with Crippen LogP contribution in [0.3, 0.4) is 0 Å². The molecule has 0 aromatic heterocycles. The van der Waals surface area contributed by atoms with Crippen molar-refractivity contribution in [2.75, 3.05) is 6.54 Å². The summed E-state index contributed by atoms with van der Waals surface area (Å²) in [6.07, 6.45) is 0.367. The maximum absolute atomic E-state index is 12.4. The van der Waals surface area contributed by atoms with Crippen molar-refractivity contribution in [1.29, 1.82) is 0 Å². The number of nitrogens with zero attached hydrogens (tertiary/aromatic N) is 1. The number of carbonyl (C=O) groups is 3. The van der Waals surface area contributed by atoms with Gasteiger partial charge in [-0.3, -0.25) is 19.7 Å². The monoisotopic (exact) mass is 296 g/mol. The van der Waals surface area contributed by atoms with E-state index in [9.17, 15) is 19.5 Å².